The zero-order chi connectivity index (χ0) is 17.8. The molecule has 24 heavy (non-hydrogen) atoms. The van der Waals surface area contributed by atoms with E-state index in [2.05, 4.69) is 17.6 Å². The maximum absolute atomic E-state index is 6.22. The monoisotopic (exact) mass is 372 g/mol. The van der Waals surface area contributed by atoms with E-state index in [4.69, 9.17) is 33.3 Å². The molecule has 0 unspecified atom stereocenters. The highest BCUT2D eigenvalue weighted by Gasteiger charge is 2.12. The maximum atomic E-state index is 6.22. The van der Waals surface area contributed by atoms with Crippen molar-refractivity contribution in [2.45, 2.75) is 52.9 Å². The van der Waals surface area contributed by atoms with Crippen LogP contribution in [0.5, 0.6) is 11.5 Å². The number of benzene rings is 1. The van der Waals surface area contributed by atoms with Gasteiger partial charge in [-0.2, -0.15) is 0 Å². The van der Waals surface area contributed by atoms with Gasteiger partial charge in [0, 0.05) is 18.7 Å². The number of unbranched alkanes of at least 4 members (excludes halogenated alkanes) is 4. The largest absolute Gasteiger partial charge is 0.492 e. The molecule has 0 aliphatic rings. The second-order valence-corrected chi connectivity index (χ2v) is 6.26. The van der Waals surface area contributed by atoms with Gasteiger partial charge >= 0.3 is 0 Å². The van der Waals surface area contributed by atoms with E-state index in [0.29, 0.717) is 34.8 Å². The number of halogens is 1. The lowest BCUT2D eigenvalue weighted by atomic mass is 10.1. The number of thiocarbonyl (C=S) groups is 1. The first-order chi connectivity index (χ1) is 11.6. The second kappa shape index (κ2) is 12.2. The fourth-order valence-corrected chi connectivity index (χ4v) is 2.69. The van der Waals surface area contributed by atoms with Crippen LogP contribution in [0, 0.1) is 0 Å². The van der Waals surface area contributed by atoms with Crippen LogP contribution in [0.4, 0.5) is 5.69 Å². The van der Waals surface area contributed by atoms with E-state index in [1.807, 2.05) is 19.9 Å². The number of ether oxygens (including phenoxy) is 2. The van der Waals surface area contributed by atoms with Crippen molar-refractivity contribution in [3.63, 3.8) is 0 Å². The van der Waals surface area contributed by atoms with Crippen molar-refractivity contribution in [1.29, 1.82) is 0 Å². The molecule has 0 heterocycles. The smallest absolute Gasteiger partial charge is 0.170 e. The van der Waals surface area contributed by atoms with Crippen molar-refractivity contribution in [3.8, 4) is 11.5 Å². The molecule has 1 aromatic rings. The highest BCUT2D eigenvalue weighted by molar-refractivity contribution is 7.80. The molecule has 1 rings (SSSR count). The maximum Gasteiger partial charge on any atom is 0.170 e. The fraction of sp³-hybridized carbons (Fsp3) is 0.611. The highest BCUT2D eigenvalue weighted by atomic mass is 35.5. The molecule has 1 aromatic carbocycles. The van der Waals surface area contributed by atoms with Crippen LogP contribution in [-0.4, -0.2) is 24.9 Å². The summed E-state index contributed by atoms with van der Waals surface area (Å²) in [5, 5.41) is 7.52. The highest BCUT2D eigenvalue weighted by Crippen LogP contribution is 2.36. The van der Waals surface area contributed by atoms with Crippen molar-refractivity contribution in [3.05, 3.63) is 17.2 Å². The Morgan fingerprint density at radius 2 is 1.67 bits per heavy atom. The molecule has 0 radical (unpaired) electrons. The summed E-state index contributed by atoms with van der Waals surface area (Å²) in [5.41, 5.74) is 0.758. The second-order valence-electron chi connectivity index (χ2n) is 5.44. The van der Waals surface area contributed by atoms with Crippen LogP contribution in [0.2, 0.25) is 5.02 Å². The third-order valence-electron chi connectivity index (χ3n) is 3.45. The van der Waals surface area contributed by atoms with Crippen molar-refractivity contribution < 1.29 is 9.47 Å². The molecule has 0 amide bonds. The molecule has 6 heteroatoms. The third-order valence-corrected chi connectivity index (χ3v) is 3.99. The molecule has 0 bridgehead atoms. The molecule has 0 atom stereocenters. The zero-order valence-electron chi connectivity index (χ0n) is 14.9. The van der Waals surface area contributed by atoms with Crippen LogP contribution < -0.4 is 20.1 Å². The minimum absolute atomic E-state index is 0.528. The van der Waals surface area contributed by atoms with Gasteiger partial charge < -0.3 is 20.1 Å². The summed E-state index contributed by atoms with van der Waals surface area (Å²) in [6, 6.07) is 3.58. The van der Waals surface area contributed by atoms with E-state index in [1.165, 1.54) is 25.7 Å². The Morgan fingerprint density at radius 1 is 1.00 bits per heavy atom. The molecule has 136 valence electrons. The molecule has 0 fully saturated rings. The molecule has 0 aliphatic heterocycles. The summed E-state index contributed by atoms with van der Waals surface area (Å²) < 4.78 is 11.2. The third kappa shape index (κ3) is 7.58. The Labute approximate surface area is 156 Å². The summed E-state index contributed by atoms with van der Waals surface area (Å²) in [7, 11) is 0. The van der Waals surface area contributed by atoms with E-state index in [-0.39, 0.29) is 0 Å². The van der Waals surface area contributed by atoms with Crippen LogP contribution in [-0.2, 0) is 0 Å². The van der Waals surface area contributed by atoms with Gasteiger partial charge in [-0.1, -0.05) is 44.2 Å². The number of rotatable bonds is 11. The summed E-state index contributed by atoms with van der Waals surface area (Å²) in [6.45, 7) is 8.04. The van der Waals surface area contributed by atoms with Gasteiger partial charge in [-0.05, 0) is 32.5 Å². The summed E-state index contributed by atoms with van der Waals surface area (Å²) >= 11 is 11.6. The first-order valence-electron chi connectivity index (χ1n) is 8.76. The number of hydrogen-bond acceptors (Lipinski definition) is 3. The van der Waals surface area contributed by atoms with Gasteiger partial charge in [0.25, 0.3) is 0 Å². The molecule has 0 aromatic heterocycles. The molecular weight excluding hydrogens is 344 g/mol. The Morgan fingerprint density at radius 3 is 2.33 bits per heavy atom. The number of hydrogen-bond donors (Lipinski definition) is 2. The van der Waals surface area contributed by atoms with Crippen molar-refractivity contribution in [2.75, 3.05) is 25.1 Å². The fourth-order valence-electron chi connectivity index (χ4n) is 2.27. The molecule has 0 spiro atoms. The van der Waals surface area contributed by atoms with Crippen molar-refractivity contribution >= 4 is 34.6 Å². The Kier molecular flexibility index (Phi) is 10.6. The predicted octanol–water partition coefficient (Wildman–Crippen LogP) is 5.39. The van der Waals surface area contributed by atoms with Gasteiger partial charge in [-0.15, -0.1) is 0 Å². The van der Waals surface area contributed by atoms with Crippen LogP contribution in [0.1, 0.15) is 52.9 Å². The molecule has 0 saturated heterocycles. The topological polar surface area (TPSA) is 42.5 Å². The average molecular weight is 373 g/mol. The Bertz CT molecular complexity index is 512. The van der Waals surface area contributed by atoms with E-state index in [0.717, 1.165) is 18.7 Å². The summed E-state index contributed by atoms with van der Waals surface area (Å²) in [5.74, 6) is 1.28. The lowest BCUT2D eigenvalue weighted by molar-refractivity contribution is 0.332. The van der Waals surface area contributed by atoms with E-state index in [9.17, 15) is 0 Å². The van der Waals surface area contributed by atoms with Crippen LogP contribution in [0.3, 0.4) is 0 Å². The normalized spacial score (nSPS) is 10.3. The van der Waals surface area contributed by atoms with Gasteiger partial charge in [0.2, 0.25) is 0 Å². The quantitative estimate of drug-likeness (QED) is 0.402. The lowest BCUT2D eigenvalue weighted by Crippen LogP contribution is -2.29. The predicted molar refractivity (Wildman–Crippen MR) is 107 cm³/mol. The van der Waals surface area contributed by atoms with Crippen LogP contribution >= 0.6 is 23.8 Å². The minimum Gasteiger partial charge on any atom is -0.492 e. The molecule has 2 N–H and O–H groups in total. The zero-order valence-corrected chi connectivity index (χ0v) is 16.5. The first kappa shape index (κ1) is 20.8. The lowest BCUT2D eigenvalue weighted by Gasteiger charge is -2.16. The average Bonchev–Trinajstić information content (AvgIpc) is 2.55. The molecule has 4 nitrogen and oxygen atoms in total. The summed E-state index contributed by atoms with van der Waals surface area (Å²) in [4.78, 5) is 0. The molecule has 0 aliphatic carbocycles. The van der Waals surface area contributed by atoms with E-state index in [1.54, 1.807) is 6.07 Å². The first-order valence-corrected chi connectivity index (χ1v) is 9.54. The van der Waals surface area contributed by atoms with Crippen LogP contribution in [0.15, 0.2) is 12.1 Å². The van der Waals surface area contributed by atoms with Gasteiger partial charge in [-0.3, -0.25) is 0 Å². The van der Waals surface area contributed by atoms with Gasteiger partial charge in [0.1, 0.15) is 11.5 Å². The molecular formula is C18H29ClN2O2S. The molecule has 0 saturated carbocycles. The standard InChI is InChI=1S/C18H29ClN2O2S/c1-4-7-8-9-10-11-20-18(24)21-15-13-16(22-5-2)14(19)12-17(15)23-6-3/h12-13H,4-11H2,1-3H3,(H2,20,21,24). The van der Waals surface area contributed by atoms with Gasteiger partial charge in [-0.25, -0.2) is 0 Å². The minimum atomic E-state index is 0.528. The van der Waals surface area contributed by atoms with Crippen molar-refractivity contribution in [1.82, 2.24) is 5.32 Å². The van der Waals surface area contributed by atoms with E-state index >= 15 is 0 Å². The SMILES string of the molecule is CCCCCCCNC(=S)Nc1cc(OCC)c(Cl)cc1OCC. The Balaban J connectivity index is 2.60. The van der Waals surface area contributed by atoms with Gasteiger partial charge in [0.05, 0.1) is 23.9 Å². The van der Waals surface area contributed by atoms with Crippen LogP contribution in [0.25, 0.3) is 0 Å². The Hall–Kier alpha value is -1.20. The van der Waals surface area contributed by atoms with Gasteiger partial charge in [0.15, 0.2) is 5.11 Å². The number of nitrogens with one attached hydrogen (secondary N) is 2. The summed E-state index contributed by atoms with van der Waals surface area (Å²) in [6.07, 6.45) is 6.17. The van der Waals surface area contributed by atoms with E-state index < -0.39 is 0 Å². The van der Waals surface area contributed by atoms with Crippen molar-refractivity contribution in [2.24, 2.45) is 0 Å². The number of anilines is 1.